The maximum absolute atomic E-state index is 11.4. The molecule has 4 N–H and O–H groups in total. The first-order valence-corrected chi connectivity index (χ1v) is 4.85. The van der Waals surface area contributed by atoms with Gasteiger partial charge in [-0.3, -0.25) is 14.9 Å². The normalized spacial score (nSPS) is 14.3. The Labute approximate surface area is 96.1 Å². The molecule has 1 aromatic rings. The van der Waals surface area contributed by atoms with E-state index in [1.807, 2.05) is 0 Å². The van der Waals surface area contributed by atoms with E-state index in [1.54, 1.807) is 7.05 Å². The van der Waals surface area contributed by atoms with Crippen molar-refractivity contribution in [3.63, 3.8) is 0 Å². The fraction of sp³-hybridized carbons (Fsp3) is 0.444. The van der Waals surface area contributed by atoms with Crippen LogP contribution in [-0.2, 0) is 0 Å². The zero-order valence-electron chi connectivity index (χ0n) is 9.08. The fourth-order valence-corrected chi connectivity index (χ4v) is 1.34. The lowest BCUT2D eigenvalue weighted by Crippen LogP contribution is -2.32. The van der Waals surface area contributed by atoms with Crippen LogP contribution in [0.3, 0.4) is 0 Å². The summed E-state index contributed by atoms with van der Waals surface area (Å²) in [5.74, 6) is 0. The number of aliphatic hydroxyl groups excluding tert-OH is 2. The maximum atomic E-state index is 11.4. The van der Waals surface area contributed by atoms with Gasteiger partial charge in [0.1, 0.15) is 6.10 Å². The van der Waals surface area contributed by atoms with Gasteiger partial charge in [-0.2, -0.15) is 0 Å². The summed E-state index contributed by atoms with van der Waals surface area (Å²) in [6.45, 7) is 0.0588. The minimum atomic E-state index is -1.48. The second-order valence-electron chi connectivity index (χ2n) is 3.47. The van der Waals surface area contributed by atoms with Crippen LogP contribution >= 0.6 is 0 Å². The lowest BCUT2D eigenvalue weighted by Gasteiger charge is -2.16. The van der Waals surface area contributed by atoms with Gasteiger partial charge in [0.05, 0.1) is 22.8 Å². The molecule has 0 aliphatic rings. The molecule has 8 nitrogen and oxygen atoms in total. The van der Waals surface area contributed by atoms with Crippen LogP contribution in [0.2, 0.25) is 0 Å². The van der Waals surface area contributed by atoms with Crippen molar-refractivity contribution in [1.29, 1.82) is 0 Å². The Morgan fingerprint density at radius 1 is 1.59 bits per heavy atom. The highest BCUT2D eigenvalue weighted by Gasteiger charge is 2.22. The summed E-state index contributed by atoms with van der Waals surface area (Å²) in [5, 5.41) is 32.3. The Hall–Kier alpha value is -1.77. The third-order valence-corrected chi connectivity index (χ3v) is 2.22. The zero-order chi connectivity index (χ0) is 13.0. The molecular weight excluding hydrogens is 230 g/mol. The quantitative estimate of drug-likeness (QED) is 0.383. The van der Waals surface area contributed by atoms with Crippen LogP contribution in [0.15, 0.2) is 17.1 Å². The van der Waals surface area contributed by atoms with Crippen molar-refractivity contribution >= 4 is 5.69 Å². The number of nitrogens with one attached hydrogen (secondary N) is 2. The van der Waals surface area contributed by atoms with E-state index < -0.39 is 22.7 Å². The fourth-order valence-electron chi connectivity index (χ4n) is 1.34. The van der Waals surface area contributed by atoms with Gasteiger partial charge in [-0.05, 0) is 7.05 Å². The lowest BCUT2D eigenvalue weighted by atomic mass is 10.1. The number of aromatic amines is 1. The molecule has 2 atom stereocenters. The van der Waals surface area contributed by atoms with E-state index in [1.165, 1.54) is 0 Å². The molecule has 1 aromatic heterocycles. The Bertz CT molecular complexity index is 458. The lowest BCUT2D eigenvalue weighted by molar-refractivity contribution is -0.385. The molecule has 0 amide bonds. The SMILES string of the molecule is CNCC(O)C(O)c1cc([N+](=O)[O-])c[nH]c1=O. The summed E-state index contributed by atoms with van der Waals surface area (Å²) >= 11 is 0. The molecule has 0 aliphatic carbocycles. The molecule has 17 heavy (non-hydrogen) atoms. The molecule has 1 rings (SSSR count). The summed E-state index contributed by atoms with van der Waals surface area (Å²) in [5.41, 5.74) is -1.25. The summed E-state index contributed by atoms with van der Waals surface area (Å²) < 4.78 is 0. The van der Waals surface area contributed by atoms with E-state index in [9.17, 15) is 25.1 Å². The van der Waals surface area contributed by atoms with Crippen LogP contribution in [0.25, 0.3) is 0 Å². The molecule has 0 aromatic carbocycles. The minimum Gasteiger partial charge on any atom is -0.389 e. The second-order valence-corrected chi connectivity index (χ2v) is 3.47. The second kappa shape index (κ2) is 5.53. The molecule has 0 saturated carbocycles. The third-order valence-electron chi connectivity index (χ3n) is 2.22. The Morgan fingerprint density at radius 2 is 2.24 bits per heavy atom. The van der Waals surface area contributed by atoms with Crippen LogP contribution in [0.4, 0.5) is 5.69 Å². The van der Waals surface area contributed by atoms with Crippen molar-refractivity contribution in [3.05, 3.63) is 38.3 Å². The number of nitrogens with zero attached hydrogens (tertiary/aromatic N) is 1. The highest BCUT2D eigenvalue weighted by Crippen LogP contribution is 2.17. The van der Waals surface area contributed by atoms with Gasteiger partial charge >= 0.3 is 0 Å². The number of aromatic nitrogens is 1. The van der Waals surface area contributed by atoms with Crippen molar-refractivity contribution in [2.24, 2.45) is 0 Å². The number of H-pyrrole nitrogens is 1. The Morgan fingerprint density at radius 3 is 2.76 bits per heavy atom. The van der Waals surface area contributed by atoms with Crippen LogP contribution in [-0.4, -0.2) is 39.8 Å². The van der Waals surface area contributed by atoms with Gasteiger partial charge in [0, 0.05) is 12.6 Å². The van der Waals surface area contributed by atoms with E-state index in [0.717, 1.165) is 12.3 Å². The molecule has 0 spiro atoms. The molecule has 0 saturated heterocycles. The van der Waals surface area contributed by atoms with Crippen molar-refractivity contribution in [1.82, 2.24) is 10.3 Å². The van der Waals surface area contributed by atoms with Gasteiger partial charge in [-0.1, -0.05) is 0 Å². The molecule has 0 fully saturated rings. The van der Waals surface area contributed by atoms with Gasteiger partial charge in [0.2, 0.25) is 0 Å². The van der Waals surface area contributed by atoms with E-state index >= 15 is 0 Å². The largest absolute Gasteiger partial charge is 0.389 e. The molecular formula is C9H13N3O5. The van der Waals surface area contributed by atoms with Crippen molar-refractivity contribution in [2.75, 3.05) is 13.6 Å². The molecule has 2 unspecified atom stereocenters. The van der Waals surface area contributed by atoms with E-state index in [-0.39, 0.29) is 17.8 Å². The predicted molar refractivity (Wildman–Crippen MR) is 58.6 cm³/mol. The first-order chi connectivity index (χ1) is 7.97. The Balaban J connectivity index is 3.07. The molecule has 0 radical (unpaired) electrons. The van der Waals surface area contributed by atoms with Gasteiger partial charge in [0.15, 0.2) is 0 Å². The van der Waals surface area contributed by atoms with Crippen molar-refractivity contribution in [2.45, 2.75) is 12.2 Å². The summed E-state index contributed by atoms with van der Waals surface area (Å²) in [4.78, 5) is 23.3. The molecule has 1 heterocycles. The van der Waals surface area contributed by atoms with E-state index in [2.05, 4.69) is 10.3 Å². The zero-order valence-corrected chi connectivity index (χ0v) is 9.08. The average molecular weight is 243 g/mol. The van der Waals surface area contributed by atoms with E-state index in [4.69, 9.17) is 0 Å². The number of aliphatic hydroxyl groups is 2. The summed E-state index contributed by atoms with van der Waals surface area (Å²) in [7, 11) is 1.56. The number of nitro groups is 1. The van der Waals surface area contributed by atoms with Crippen LogP contribution in [0.1, 0.15) is 11.7 Å². The van der Waals surface area contributed by atoms with Crippen LogP contribution in [0.5, 0.6) is 0 Å². The first kappa shape index (κ1) is 13.3. The number of hydrogen-bond acceptors (Lipinski definition) is 6. The highest BCUT2D eigenvalue weighted by molar-refractivity contribution is 5.31. The summed E-state index contributed by atoms with van der Waals surface area (Å²) in [6, 6.07) is 0.947. The van der Waals surface area contributed by atoms with Crippen molar-refractivity contribution < 1.29 is 15.1 Å². The summed E-state index contributed by atoms with van der Waals surface area (Å²) in [6.07, 6.45) is -1.77. The third kappa shape index (κ3) is 3.09. The van der Waals surface area contributed by atoms with E-state index in [0.29, 0.717) is 0 Å². The van der Waals surface area contributed by atoms with Gasteiger partial charge in [-0.15, -0.1) is 0 Å². The minimum absolute atomic E-state index is 0.0588. The average Bonchev–Trinajstić information content (AvgIpc) is 2.28. The van der Waals surface area contributed by atoms with Gasteiger partial charge in [0.25, 0.3) is 11.2 Å². The first-order valence-electron chi connectivity index (χ1n) is 4.85. The number of hydrogen-bond donors (Lipinski definition) is 4. The molecule has 94 valence electrons. The maximum Gasteiger partial charge on any atom is 0.285 e. The Kier molecular flexibility index (Phi) is 4.32. The van der Waals surface area contributed by atoms with Gasteiger partial charge in [-0.25, -0.2) is 0 Å². The molecule has 0 bridgehead atoms. The van der Waals surface area contributed by atoms with Gasteiger partial charge < -0.3 is 20.5 Å². The number of pyridine rings is 1. The molecule has 0 aliphatic heterocycles. The number of rotatable bonds is 5. The van der Waals surface area contributed by atoms with Crippen molar-refractivity contribution in [3.8, 4) is 0 Å². The van der Waals surface area contributed by atoms with Crippen LogP contribution in [0, 0.1) is 10.1 Å². The standard InChI is InChI=1S/C9H13N3O5/c1-10-4-7(13)8(14)6-2-5(12(16)17)3-11-9(6)15/h2-3,7-8,10,13-14H,4H2,1H3,(H,11,15). The highest BCUT2D eigenvalue weighted by atomic mass is 16.6. The smallest absolute Gasteiger partial charge is 0.285 e. The topological polar surface area (TPSA) is 128 Å². The van der Waals surface area contributed by atoms with Crippen LogP contribution < -0.4 is 10.9 Å². The predicted octanol–water partition coefficient (Wildman–Crippen LogP) is -1.10. The number of likely N-dealkylation sites (N-methyl/N-ethyl adjacent to an activating group) is 1. The monoisotopic (exact) mass is 243 g/mol. The molecule has 8 heteroatoms.